The van der Waals surface area contributed by atoms with Crippen molar-refractivity contribution in [3.8, 4) is 17.6 Å². The van der Waals surface area contributed by atoms with Gasteiger partial charge >= 0.3 is 0 Å². The van der Waals surface area contributed by atoms with E-state index in [0.717, 1.165) is 12.3 Å². The first kappa shape index (κ1) is 20.8. The molecule has 0 heterocycles. The van der Waals surface area contributed by atoms with Crippen LogP contribution in [0.15, 0.2) is 59.1 Å². The number of carbonyl (C=O) groups excluding carboxylic acids is 1. The minimum absolute atomic E-state index is 0.257. The Bertz CT molecular complexity index is 1060. The van der Waals surface area contributed by atoms with Crippen molar-refractivity contribution in [2.45, 2.75) is 4.90 Å². The average Bonchev–Trinajstić information content (AvgIpc) is 2.68. The Hall–Kier alpha value is -3.55. The number of nitriles is 1. The SMILES string of the molecule is COc1ccc(NC(=O)/C(C#N)=C\Nc2cccc(S(=O)(=O)O)c2)cc1OC. The standard InChI is InChI=1S/C18H17N3O6S/c1-26-16-7-6-14(9-17(16)27-2)21-18(22)12(10-19)11-20-13-4-3-5-15(8-13)28(23,24)25/h3-9,11,20H,1-2H3,(H,21,22)(H,23,24,25)/b12-11-. The molecule has 0 unspecified atom stereocenters. The third-order valence-electron chi connectivity index (χ3n) is 3.52. The van der Waals surface area contributed by atoms with Crippen LogP contribution in [0, 0.1) is 11.3 Å². The summed E-state index contributed by atoms with van der Waals surface area (Å²) in [6.45, 7) is 0. The second kappa shape index (κ2) is 8.90. The molecule has 0 aliphatic rings. The summed E-state index contributed by atoms with van der Waals surface area (Å²) in [5.41, 5.74) is 0.394. The maximum Gasteiger partial charge on any atom is 0.294 e. The van der Waals surface area contributed by atoms with Crippen LogP contribution in [-0.2, 0) is 14.9 Å². The fourth-order valence-corrected chi connectivity index (χ4v) is 2.69. The third-order valence-corrected chi connectivity index (χ3v) is 4.37. The molecular formula is C18H17N3O6S. The Labute approximate surface area is 161 Å². The Balaban J connectivity index is 2.17. The number of carbonyl (C=O) groups is 1. The number of ether oxygens (including phenoxy) is 2. The molecule has 0 atom stereocenters. The predicted molar refractivity (Wildman–Crippen MR) is 102 cm³/mol. The third kappa shape index (κ3) is 5.23. The van der Waals surface area contributed by atoms with E-state index in [-0.39, 0.29) is 16.2 Å². The molecule has 2 rings (SSSR count). The molecule has 146 valence electrons. The van der Waals surface area contributed by atoms with E-state index in [2.05, 4.69) is 10.6 Å². The molecule has 9 nitrogen and oxygen atoms in total. The van der Waals surface area contributed by atoms with Crippen molar-refractivity contribution in [3.05, 3.63) is 54.2 Å². The zero-order chi connectivity index (χ0) is 20.7. The molecule has 0 aliphatic carbocycles. The number of amides is 1. The predicted octanol–water partition coefficient (Wildman–Crippen LogP) is 2.41. The fourth-order valence-electron chi connectivity index (χ4n) is 2.16. The van der Waals surface area contributed by atoms with Gasteiger partial charge in [0.25, 0.3) is 16.0 Å². The van der Waals surface area contributed by atoms with Crippen LogP contribution in [0.1, 0.15) is 0 Å². The van der Waals surface area contributed by atoms with E-state index in [4.69, 9.17) is 14.0 Å². The van der Waals surface area contributed by atoms with Gasteiger partial charge in [-0.1, -0.05) is 6.07 Å². The van der Waals surface area contributed by atoms with Crippen LogP contribution in [0.3, 0.4) is 0 Å². The number of hydrogen-bond acceptors (Lipinski definition) is 7. The van der Waals surface area contributed by atoms with Crippen molar-refractivity contribution in [3.63, 3.8) is 0 Å². The number of nitrogens with one attached hydrogen (secondary N) is 2. The summed E-state index contributed by atoms with van der Waals surface area (Å²) in [5.74, 6) is 0.202. The quantitative estimate of drug-likeness (QED) is 0.364. The molecule has 3 N–H and O–H groups in total. The topological polar surface area (TPSA) is 138 Å². The number of benzene rings is 2. The van der Waals surface area contributed by atoms with Crippen molar-refractivity contribution in [1.29, 1.82) is 5.26 Å². The van der Waals surface area contributed by atoms with Crippen LogP contribution in [0.4, 0.5) is 11.4 Å². The van der Waals surface area contributed by atoms with Gasteiger partial charge in [-0.05, 0) is 30.3 Å². The van der Waals surface area contributed by atoms with Crippen molar-refractivity contribution < 1.29 is 27.2 Å². The molecule has 2 aromatic carbocycles. The molecule has 0 radical (unpaired) electrons. The molecule has 2 aromatic rings. The monoisotopic (exact) mass is 403 g/mol. The highest BCUT2D eigenvalue weighted by Crippen LogP contribution is 2.29. The zero-order valence-corrected chi connectivity index (χ0v) is 15.8. The van der Waals surface area contributed by atoms with Gasteiger partial charge in [0.15, 0.2) is 11.5 Å². The molecule has 0 bridgehead atoms. The van der Waals surface area contributed by atoms with E-state index in [1.807, 2.05) is 0 Å². The fraction of sp³-hybridized carbons (Fsp3) is 0.111. The summed E-state index contributed by atoms with van der Waals surface area (Å²) in [6, 6.07) is 11.7. The van der Waals surface area contributed by atoms with Crippen LogP contribution in [0.2, 0.25) is 0 Å². The largest absolute Gasteiger partial charge is 0.493 e. The molecule has 1 amide bonds. The van der Waals surface area contributed by atoms with E-state index in [0.29, 0.717) is 17.2 Å². The smallest absolute Gasteiger partial charge is 0.294 e. The molecular weight excluding hydrogens is 386 g/mol. The van der Waals surface area contributed by atoms with Crippen LogP contribution in [-0.4, -0.2) is 33.1 Å². The molecule has 10 heteroatoms. The normalized spacial score (nSPS) is 11.3. The van der Waals surface area contributed by atoms with Crippen LogP contribution >= 0.6 is 0 Å². The summed E-state index contributed by atoms with van der Waals surface area (Å²) < 4.78 is 41.7. The minimum atomic E-state index is -4.37. The van der Waals surface area contributed by atoms with E-state index in [1.165, 1.54) is 38.5 Å². The summed E-state index contributed by atoms with van der Waals surface area (Å²) >= 11 is 0. The summed E-state index contributed by atoms with van der Waals surface area (Å²) in [5, 5.41) is 14.4. The van der Waals surface area contributed by atoms with Crippen molar-refractivity contribution in [2.24, 2.45) is 0 Å². The number of anilines is 2. The molecule has 0 aliphatic heterocycles. The van der Waals surface area contributed by atoms with Gasteiger partial charge in [0.05, 0.1) is 19.1 Å². The minimum Gasteiger partial charge on any atom is -0.493 e. The number of methoxy groups -OCH3 is 2. The van der Waals surface area contributed by atoms with Gasteiger partial charge in [0.2, 0.25) is 0 Å². The van der Waals surface area contributed by atoms with Gasteiger partial charge in [-0.2, -0.15) is 13.7 Å². The van der Waals surface area contributed by atoms with Gasteiger partial charge in [-0.15, -0.1) is 0 Å². The van der Waals surface area contributed by atoms with E-state index in [1.54, 1.807) is 18.2 Å². The van der Waals surface area contributed by atoms with Gasteiger partial charge < -0.3 is 20.1 Å². The molecule has 0 aromatic heterocycles. The summed E-state index contributed by atoms with van der Waals surface area (Å²) in [4.78, 5) is 12.0. The Morgan fingerprint density at radius 3 is 2.43 bits per heavy atom. The van der Waals surface area contributed by atoms with Crippen LogP contribution < -0.4 is 20.1 Å². The first-order valence-corrected chi connectivity index (χ1v) is 9.20. The van der Waals surface area contributed by atoms with E-state index in [9.17, 15) is 18.5 Å². The zero-order valence-electron chi connectivity index (χ0n) is 15.0. The second-order valence-electron chi connectivity index (χ2n) is 5.34. The van der Waals surface area contributed by atoms with Gasteiger partial charge in [0, 0.05) is 23.6 Å². The van der Waals surface area contributed by atoms with E-state index >= 15 is 0 Å². The molecule has 0 spiro atoms. The van der Waals surface area contributed by atoms with Crippen molar-refractivity contribution in [1.82, 2.24) is 0 Å². The van der Waals surface area contributed by atoms with Crippen LogP contribution in [0.25, 0.3) is 0 Å². The average molecular weight is 403 g/mol. The number of hydrogen-bond donors (Lipinski definition) is 3. The maximum atomic E-state index is 12.3. The lowest BCUT2D eigenvalue weighted by Gasteiger charge is -2.10. The number of rotatable bonds is 7. The summed E-state index contributed by atoms with van der Waals surface area (Å²) in [7, 11) is -1.43. The molecule has 0 fully saturated rings. The van der Waals surface area contributed by atoms with Crippen LogP contribution in [0.5, 0.6) is 11.5 Å². The lowest BCUT2D eigenvalue weighted by Crippen LogP contribution is -2.14. The second-order valence-corrected chi connectivity index (χ2v) is 6.76. The highest BCUT2D eigenvalue weighted by atomic mass is 32.2. The van der Waals surface area contributed by atoms with E-state index < -0.39 is 16.0 Å². The Morgan fingerprint density at radius 1 is 1.11 bits per heavy atom. The first-order chi connectivity index (χ1) is 13.3. The van der Waals surface area contributed by atoms with Gasteiger partial charge in [-0.3, -0.25) is 9.35 Å². The van der Waals surface area contributed by atoms with Gasteiger partial charge in [0.1, 0.15) is 11.6 Å². The lowest BCUT2D eigenvalue weighted by atomic mass is 10.2. The number of nitrogens with zero attached hydrogens (tertiary/aromatic N) is 1. The Morgan fingerprint density at radius 2 is 1.82 bits per heavy atom. The van der Waals surface area contributed by atoms with Crippen molar-refractivity contribution in [2.75, 3.05) is 24.9 Å². The van der Waals surface area contributed by atoms with Crippen molar-refractivity contribution >= 4 is 27.4 Å². The Kier molecular flexibility index (Phi) is 6.59. The molecule has 0 saturated carbocycles. The lowest BCUT2D eigenvalue weighted by molar-refractivity contribution is -0.112. The molecule has 28 heavy (non-hydrogen) atoms. The molecule has 0 saturated heterocycles. The summed E-state index contributed by atoms with van der Waals surface area (Å²) in [6.07, 6.45) is 1.12. The maximum absolute atomic E-state index is 12.3. The highest BCUT2D eigenvalue weighted by molar-refractivity contribution is 7.85. The van der Waals surface area contributed by atoms with Gasteiger partial charge in [-0.25, -0.2) is 0 Å². The highest BCUT2D eigenvalue weighted by Gasteiger charge is 2.12. The first-order valence-electron chi connectivity index (χ1n) is 7.76.